The van der Waals surface area contributed by atoms with Crippen LogP contribution in [-0.2, 0) is 22.7 Å². The second-order valence-electron chi connectivity index (χ2n) is 5.09. The molecule has 2 atom stereocenters. The molecule has 0 bridgehead atoms. The van der Waals surface area contributed by atoms with Crippen molar-refractivity contribution in [1.29, 1.82) is 0 Å². The van der Waals surface area contributed by atoms with Gasteiger partial charge in [-0.15, -0.1) is 0 Å². The minimum atomic E-state index is -2.96. The first-order valence-corrected chi connectivity index (χ1v) is 8.09. The van der Waals surface area contributed by atoms with Gasteiger partial charge in [0.05, 0.1) is 17.2 Å². The van der Waals surface area contributed by atoms with Crippen LogP contribution in [0.5, 0.6) is 0 Å². The van der Waals surface area contributed by atoms with E-state index in [0.717, 1.165) is 18.6 Å². The van der Waals surface area contributed by atoms with Gasteiger partial charge in [0.15, 0.2) is 15.7 Å². The van der Waals surface area contributed by atoms with Gasteiger partial charge in [-0.05, 0) is 19.8 Å². The standard InChI is InChI=1S/C12H20N2O3S/c1-9(13)6-10-8-14-12(17-10)7-11-4-2-3-5-18(11,15)16/h8-9,11H,2-7,13H2,1H3. The Bertz CT molecular complexity index is 493. The van der Waals surface area contributed by atoms with E-state index in [1.54, 1.807) is 6.20 Å². The van der Waals surface area contributed by atoms with Gasteiger partial charge in [0, 0.05) is 18.9 Å². The maximum atomic E-state index is 11.9. The Balaban J connectivity index is 2.02. The molecule has 1 aromatic rings. The van der Waals surface area contributed by atoms with Crippen LogP contribution in [0.4, 0.5) is 0 Å². The predicted molar refractivity (Wildman–Crippen MR) is 69.0 cm³/mol. The molecule has 0 radical (unpaired) electrons. The average molecular weight is 272 g/mol. The number of nitrogens with two attached hydrogens (primary N) is 1. The molecular formula is C12H20N2O3S. The summed E-state index contributed by atoms with van der Waals surface area (Å²) in [6.45, 7) is 1.90. The molecular weight excluding hydrogens is 252 g/mol. The van der Waals surface area contributed by atoms with Gasteiger partial charge in [-0.3, -0.25) is 0 Å². The van der Waals surface area contributed by atoms with Crippen molar-refractivity contribution in [3.05, 3.63) is 17.8 Å². The lowest BCUT2D eigenvalue weighted by Crippen LogP contribution is -2.30. The van der Waals surface area contributed by atoms with Crippen molar-refractivity contribution in [3.8, 4) is 0 Å². The Morgan fingerprint density at radius 1 is 1.56 bits per heavy atom. The number of hydrogen-bond acceptors (Lipinski definition) is 5. The summed E-state index contributed by atoms with van der Waals surface area (Å²) < 4.78 is 29.3. The molecule has 0 aliphatic carbocycles. The number of aromatic nitrogens is 1. The zero-order chi connectivity index (χ0) is 13.2. The zero-order valence-corrected chi connectivity index (χ0v) is 11.4. The molecule has 6 heteroatoms. The first kappa shape index (κ1) is 13.5. The van der Waals surface area contributed by atoms with E-state index >= 15 is 0 Å². The molecule has 1 aromatic heterocycles. The zero-order valence-electron chi connectivity index (χ0n) is 10.6. The van der Waals surface area contributed by atoms with Gasteiger partial charge in [0.2, 0.25) is 0 Å². The molecule has 1 aliphatic rings. The molecule has 2 rings (SSSR count). The number of rotatable bonds is 4. The van der Waals surface area contributed by atoms with Gasteiger partial charge in [0.25, 0.3) is 0 Å². The van der Waals surface area contributed by atoms with Crippen molar-refractivity contribution in [1.82, 2.24) is 4.98 Å². The molecule has 2 unspecified atom stereocenters. The maximum absolute atomic E-state index is 11.9. The van der Waals surface area contributed by atoms with Gasteiger partial charge in [-0.2, -0.15) is 0 Å². The third kappa shape index (κ3) is 3.32. The van der Waals surface area contributed by atoms with Crippen LogP contribution in [0.25, 0.3) is 0 Å². The molecule has 2 heterocycles. The molecule has 1 saturated heterocycles. The van der Waals surface area contributed by atoms with Crippen LogP contribution in [-0.4, -0.2) is 30.4 Å². The predicted octanol–water partition coefficient (Wildman–Crippen LogP) is 1.07. The Hall–Kier alpha value is -0.880. The molecule has 1 aliphatic heterocycles. The summed E-state index contributed by atoms with van der Waals surface area (Å²) in [6, 6.07) is 0.0178. The second kappa shape index (κ2) is 5.40. The maximum Gasteiger partial charge on any atom is 0.195 e. The highest BCUT2D eigenvalue weighted by molar-refractivity contribution is 7.92. The number of oxazole rings is 1. The average Bonchev–Trinajstić information content (AvgIpc) is 2.68. The molecule has 0 aromatic carbocycles. The SMILES string of the molecule is CC(N)Cc1cnc(CC2CCCCS2(=O)=O)o1. The second-order valence-corrected chi connectivity index (χ2v) is 7.49. The third-order valence-corrected chi connectivity index (χ3v) is 5.52. The molecule has 102 valence electrons. The van der Waals surface area contributed by atoms with E-state index < -0.39 is 9.84 Å². The highest BCUT2D eigenvalue weighted by atomic mass is 32.2. The topological polar surface area (TPSA) is 86.2 Å². The van der Waals surface area contributed by atoms with Crippen molar-refractivity contribution < 1.29 is 12.8 Å². The van der Waals surface area contributed by atoms with E-state index in [9.17, 15) is 8.42 Å². The fourth-order valence-corrected chi connectivity index (χ4v) is 4.16. The fourth-order valence-electron chi connectivity index (χ4n) is 2.30. The van der Waals surface area contributed by atoms with Crippen LogP contribution in [0.2, 0.25) is 0 Å². The van der Waals surface area contributed by atoms with Gasteiger partial charge in [-0.1, -0.05) is 6.42 Å². The van der Waals surface area contributed by atoms with Crippen LogP contribution < -0.4 is 5.73 Å². The summed E-state index contributed by atoms with van der Waals surface area (Å²) in [5.41, 5.74) is 5.68. The lowest BCUT2D eigenvalue weighted by atomic mass is 10.1. The smallest absolute Gasteiger partial charge is 0.195 e. The van der Waals surface area contributed by atoms with E-state index in [-0.39, 0.29) is 11.3 Å². The number of nitrogens with zero attached hydrogens (tertiary/aromatic N) is 1. The minimum Gasteiger partial charge on any atom is -0.446 e. The molecule has 0 saturated carbocycles. The van der Waals surface area contributed by atoms with Gasteiger partial charge >= 0.3 is 0 Å². The van der Waals surface area contributed by atoms with Gasteiger partial charge in [0.1, 0.15) is 5.76 Å². The summed E-state index contributed by atoms with van der Waals surface area (Å²) in [5.74, 6) is 1.54. The van der Waals surface area contributed by atoms with Crippen molar-refractivity contribution >= 4 is 9.84 Å². The highest BCUT2D eigenvalue weighted by Crippen LogP contribution is 2.23. The summed E-state index contributed by atoms with van der Waals surface area (Å²) in [5, 5.41) is -0.326. The van der Waals surface area contributed by atoms with Crippen LogP contribution in [0.3, 0.4) is 0 Å². The first-order chi connectivity index (χ1) is 8.47. The highest BCUT2D eigenvalue weighted by Gasteiger charge is 2.30. The largest absolute Gasteiger partial charge is 0.446 e. The van der Waals surface area contributed by atoms with E-state index in [4.69, 9.17) is 10.2 Å². The van der Waals surface area contributed by atoms with E-state index in [1.165, 1.54) is 0 Å². The Morgan fingerprint density at radius 3 is 3.00 bits per heavy atom. The van der Waals surface area contributed by atoms with E-state index in [0.29, 0.717) is 30.9 Å². The van der Waals surface area contributed by atoms with Gasteiger partial charge < -0.3 is 10.2 Å². The van der Waals surface area contributed by atoms with E-state index in [1.807, 2.05) is 6.92 Å². The lowest BCUT2D eigenvalue weighted by molar-refractivity contribution is 0.430. The first-order valence-electron chi connectivity index (χ1n) is 6.38. The Morgan fingerprint density at radius 2 is 2.33 bits per heavy atom. The van der Waals surface area contributed by atoms with Crippen molar-refractivity contribution in [2.24, 2.45) is 5.73 Å². The van der Waals surface area contributed by atoms with E-state index in [2.05, 4.69) is 4.98 Å². The van der Waals surface area contributed by atoms with Gasteiger partial charge in [-0.25, -0.2) is 13.4 Å². The molecule has 0 spiro atoms. The lowest BCUT2D eigenvalue weighted by Gasteiger charge is -2.20. The van der Waals surface area contributed by atoms with Crippen molar-refractivity contribution in [3.63, 3.8) is 0 Å². The van der Waals surface area contributed by atoms with Crippen molar-refractivity contribution in [2.75, 3.05) is 5.75 Å². The Labute approximate surface area is 108 Å². The molecule has 5 nitrogen and oxygen atoms in total. The van der Waals surface area contributed by atoms with Crippen LogP contribution >= 0.6 is 0 Å². The molecule has 18 heavy (non-hydrogen) atoms. The monoisotopic (exact) mass is 272 g/mol. The third-order valence-electron chi connectivity index (χ3n) is 3.24. The van der Waals surface area contributed by atoms with Crippen LogP contribution in [0.15, 0.2) is 10.6 Å². The Kier molecular flexibility index (Phi) is 4.07. The molecule has 2 N–H and O–H groups in total. The summed E-state index contributed by atoms with van der Waals surface area (Å²) in [7, 11) is -2.96. The minimum absolute atomic E-state index is 0.0178. The number of sulfone groups is 1. The number of hydrogen-bond donors (Lipinski definition) is 1. The molecule has 0 amide bonds. The van der Waals surface area contributed by atoms with Crippen molar-refractivity contribution in [2.45, 2.75) is 50.3 Å². The quantitative estimate of drug-likeness (QED) is 0.886. The van der Waals surface area contributed by atoms with Crippen LogP contribution in [0.1, 0.15) is 37.8 Å². The normalized spacial score (nSPS) is 24.9. The summed E-state index contributed by atoms with van der Waals surface area (Å²) >= 11 is 0. The molecule has 1 fully saturated rings. The van der Waals surface area contributed by atoms with Crippen LogP contribution in [0, 0.1) is 0 Å². The summed E-state index contributed by atoms with van der Waals surface area (Å²) in [6.07, 6.45) is 5.13. The summed E-state index contributed by atoms with van der Waals surface area (Å²) in [4.78, 5) is 4.14. The fraction of sp³-hybridized carbons (Fsp3) is 0.750.